The van der Waals surface area contributed by atoms with Gasteiger partial charge in [0.25, 0.3) is 0 Å². The fourth-order valence-electron chi connectivity index (χ4n) is 4.05. The predicted octanol–water partition coefficient (Wildman–Crippen LogP) is 2.31. The summed E-state index contributed by atoms with van der Waals surface area (Å²) < 4.78 is 5.75. The zero-order chi connectivity index (χ0) is 16.0. The highest BCUT2D eigenvalue weighted by atomic mass is 16.5. The maximum atomic E-state index is 12.6. The number of esters is 1. The second-order valence-corrected chi connectivity index (χ2v) is 6.64. The molecule has 0 amide bonds. The molecule has 0 saturated carbocycles. The molecule has 3 heterocycles. The van der Waals surface area contributed by atoms with Crippen LogP contribution in [0, 0.1) is 0 Å². The molecule has 5 heteroatoms. The average Bonchev–Trinajstić information content (AvgIpc) is 2.75. The van der Waals surface area contributed by atoms with E-state index in [0.29, 0.717) is 23.2 Å². The Morgan fingerprint density at radius 3 is 2.65 bits per heavy atom. The summed E-state index contributed by atoms with van der Waals surface area (Å²) in [5, 5.41) is 0.730. The largest absolute Gasteiger partial charge is 0.459 e. The molecule has 2 saturated heterocycles. The maximum absolute atomic E-state index is 12.6. The Bertz CT molecular complexity index is 799. The van der Waals surface area contributed by atoms with E-state index in [1.165, 1.54) is 18.9 Å². The van der Waals surface area contributed by atoms with Crippen LogP contribution in [0.5, 0.6) is 0 Å². The zero-order valence-electron chi connectivity index (χ0n) is 13.1. The normalized spacial score (nSPS) is 27.3. The van der Waals surface area contributed by atoms with Gasteiger partial charge in [-0.3, -0.25) is 4.79 Å². The number of nitrogens with zero attached hydrogens (tertiary/aromatic N) is 1. The fraction of sp³-hybridized carbons (Fsp3) is 0.444. The van der Waals surface area contributed by atoms with E-state index < -0.39 is 0 Å². The lowest BCUT2D eigenvalue weighted by Gasteiger charge is -2.35. The number of H-pyrrole nitrogens is 1. The summed E-state index contributed by atoms with van der Waals surface area (Å²) in [5.41, 5.74) is 0.741. The van der Waals surface area contributed by atoms with Crippen LogP contribution in [0.2, 0.25) is 0 Å². The molecule has 2 aromatic rings. The molecule has 0 spiro atoms. The predicted molar refractivity (Wildman–Crippen MR) is 87.6 cm³/mol. The van der Waals surface area contributed by atoms with Crippen LogP contribution in [-0.2, 0) is 4.74 Å². The number of nitrogens with one attached hydrogen (secondary N) is 1. The number of ether oxygens (including phenoxy) is 1. The standard InChI is InChI=1S/C18H20N2O3/c1-20-11-6-7-12(20)9-13(8-11)23-18(22)15-10-17(21)19-16-5-3-2-4-14(15)16/h2-5,10-13H,6-9H2,1H3,(H,19,21)/t11-,12+,13?. The highest BCUT2D eigenvalue weighted by Gasteiger charge is 2.40. The second kappa shape index (κ2) is 5.49. The van der Waals surface area contributed by atoms with E-state index in [0.717, 1.165) is 18.2 Å². The topological polar surface area (TPSA) is 62.4 Å². The van der Waals surface area contributed by atoms with E-state index in [2.05, 4.69) is 16.9 Å². The number of benzene rings is 1. The quantitative estimate of drug-likeness (QED) is 0.864. The molecule has 1 N–H and O–H groups in total. The molecule has 4 rings (SSSR count). The van der Waals surface area contributed by atoms with E-state index >= 15 is 0 Å². The van der Waals surface area contributed by atoms with Gasteiger partial charge in [0.05, 0.1) is 5.56 Å². The van der Waals surface area contributed by atoms with Crippen LogP contribution in [-0.4, -0.2) is 41.1 Å². The molecule has 0 aliphatic carbocycles. The molecule has 2 bridgehead atoms. The third-order valence-electron chi connectivity index (χ3n) is 5.30. The molecule has 3 atom stereocenters. The van der Waals surface area contributed by atoms with E-state index in [9.17, 15) is 9.59 Å². The van der Waals surface area contributed by atoms with Crippen molar-refractivity contribution in [3.8, 4) is 0 Å². The Hall–Kier alpha value is -2.14. The van der Waals surface area contributed by atoms with Crippen molar-refractivity contribution in [2.75, 3.05) is 7.05 Å². The smallest absolute Gasteiger partial charge is 0.339 e. The third kappa shape index (κ3) is 2.55. The molecule has 1 aromatic heterocycles. The van der Waals surface area contributed by atoms with Crippen molar-refractivity contribution in [2.45, 2.75) is 43.9 Å². The summed E-state index contributed by atoms with van der Waals surface area (Å²) in [5.74, 6) is -0.388. The number of aromatic nitrogens is 1. The first-order chi connectivity index (χ1) is 11.1. The van der Waals surface area contributed by atoms with Crippen molar-refractivity contribution in [1.29, 1.82) is 0 Å². The summed E-state index contributed by atoms with van der Waals surface area (Å²) >= 11 is 0. The number of carbonyl (C=O) groups excluding carboxylic acids is 1. The molecule has 1 unspecified atom stereocenters. The molecule has 120 valence electrons. The van der Waals surface area contributed by atoms with Gasteiger partial charge in [0.1, 0.15) is 6.10 Å². The molecule has 1 aromatic carbocycles. The molecular weight excluding hydrogens is 292 g/mol. The lowest BCUT2D eigenvalue weighted by atomic mass is 10.0. The van der Waals surface area contributed by atoms with Crippen molar-refractivity contribution in [3.63, 3.8) is 0 Å². The van der Waals surface area contributed by atoms with Crippen molar-refractivity contribution < 1.29 is 9.53 Å². The minimum absolute atomic E-state index is 0.0470. The van der Waals surface area contributed by atoms with Gasteiger partial charge in [-0.25, -0.2) is 4.79 Å². The summed E-state index contributed by atoms with van der Waals surface area (Å²) in [7, 11) is 2.16. The van der Waals surface area contributed by atoms with Crippen LogP contribution in [0.3, 0.4) is 0 Å². The average molecular weight is 312 g/mol. The molecular formula is C18H20N2O3. The number of fused-ring (bicyclic) bond motifs is 3. The first-order valence-electron chi connectivity index (χ1n) is 8.17. The van der Waals surface area contributed by atoms with Gasteiger partial charge in [0.2, 0.25) is 5.56 Å². The number of carbonyl (C=O) groups is 1. The Labute approximate surface area is 134 Å². The first kappa shape index (κ1) is 14.5. The Morgan fingerprint density at radius 2 is 1.91 bits per heavy atom. The summed E-state index contributed by atoms with van der Waals surface area (Å²) in [6, 6.07) is 9.69. The van der Waals surface area contributed by atoms with Gasteiger partial charge in [-0.05, 0) is 26.0 Å². The van der Waals surface area contributed by atoms with Crippen LogP contribution >= 0.6 is 0 Å². The van der Waals surface area contributed by atoms with E-state index in [1.54, 1.807) is 6.07 Å². The third-order valence-corrected chi connectivity index (χ3v) is 5.30. The molecule has 5 nitrogen and oxygen atoms in total. The van der Waals surface area contributed by atoms with Gasteiger partial charge in [-0.1, -0.05) is 18.2 Å². The highest BCUT2D eigenvalue weighted by Crippen LogP contribution is 2.35. The number of rotatable bonds is 2. The van der Waals surface area contributed by atoms with Crippen LogP contribution < -0.4 is 5.56 Å². The van der Waals surface area contributed by atoms with Gasteiger partial charge in [-0.2, -0.15) is 0 Å². The molecule has 2 fully saturated rings. The van der Waals surface area contributed by atoms with Gasteiger partial charge in [-0.15, -0.1) is 0 Å². The van der Waals surface area contributed by atoms with E-state index in [4.69, 9.17) is 4.74 Å². The van der Waals surface area contributed by atoms with Crippen molar-refractivity contribution in [1.82, 2.24) is 9.88 Å². The maximum Gasteiger partial charge on any atom is 0.339 e. The summed E-state index contributed by atoms with van der Waals surface area (Å²) in [4.78, 5) is 29.6. The van der Waals surface area contributed by atoms with Gasteiger partial charge in [0, 0.05) is 41.9 Å². The molecule has 0 radical (unpaired) electrons. The summed E-state index contributed by atoms with van der Waals surface area (Å²) in [6.07, 6.45) is 4.10. The van der Waals surface area contributed by atoms with Crippen LogP contribution in [0.15, 0.2) is 35.1 Å². The van der Waals surface area contributed by atoms with Gasteiger partial charge in [0.15, 0.2) is 0 Å². The first-order valence-corrected chi connectivity index (χ1v) is 8.17. The Morgan fingerprint density at radius 1 is 1.22 bits per heavy atom. The number of aromatic amines is 1. The monoisotopic (exact) mass is 312 g/mol. The van der Waals surface area contributed by atoms with E-state index in [1.807, 2.05) is 18.2 Å². The Kier molecular flexibility index (Phi) is 3.45. The lowest BCUT2D eigenvalue weighted by molar-refractivity contribution is -0.000280. The van der Waals surface area contributed by atoms with Crippen molar-refractivity contribution in [2.24, 2.45) is 0 Å². The van der Waals surface area contributed by atoms with Crippen molar-refractivity contribution >= 4 is 16.9 Å². The van der Waals surface area contributed by atoms with Crippen molar-refractivity contribution in [3.05, 3.63) is 46.2 Å². The fourth-order valence-corrected chi connectivity index (χ4v) is 4.05. The Balaban J connectivity index is 1.59. The lowest BCUT2D eigenvalue weighted by Crippen LogP contribution is -2.43. The number of hydrogen-bond acceptors (Lipinski definition) is 4. The zero-order valence-corrected chi connectivity index (χ0v) is 13.1. The van der Waals surface area contributed by atoms with Crippen LogP contribution in [0.4, 0.5) is 0 Å². The van der Waals surface area contributed by atoms with Crippen LogP contribution in [0.25, 0.3) is 10.9 Å². The van der Waals surface area contributed by atoms with Gasteiger partial charge < -0.3 is 14.6 Å². The highest BCUT2D eigenvalue weighted by molar-refractivity contribution is 6.03. The van der Waals surface area contributed by atoms with Gasteiger partial charge >= 0.3 is 5.97 Å². The minimum Gasteiger partial charge on any atom is -0.459 e. The number of piperidine rings is 1. The second-order valence-electron chi connectivity index (χ2n) is 6.64. The van der Waals surface area contributed by atoms with E-state index in [-0.39, 0.29) is 17.6 Å². The number of hydrogen-bond donors (Lipinski definition) is 1. The number of para-hydroxylation sites is 1. The van der Waals surface area contributed by atoms with Crippen LogP contribution in [0.1, 0.15) is 36.0 Å². The molecule has 2 aliphatic heterocycles. The minimum atomic E-state index is -0.388. The molecule has 23 heavy (non-hydrogen) atoms. The summed E-state index contributed by atoms with van der Waals surface area (Å²) in [6.45, 7) is 0. The number of pyridine rings is 1. The SMILES string of the molecule is CN1[C@@H]2CC[C@H]1CC(OC(=O)c1cc(=O)[nH]c3ccccc13)C2. The molecule has 2 aliphatic rings.